The SMILES string of the molecule is CN(COC(=O)C(C)(C)C)CC12CCCC[C@@]3(C1)c1cc(OC(=O)C(C)(C)C)ccc1CC[C@@H]23. The first-order valence-corrected chi connectivity index (χ1v) is 13.0. The van der Waals surface area contributed by atoms with Gasteiger partial charge in [0.25, 0.3) is 0 Å². The van der Waals surface area contributed by atoms with Crippen LogP contribution < -0.4 is 4.74 Å². The highest BCUT2D eigenvalue weighted by Gasteiger charge is 2.65. The largest absolute Gasteiger partial charge is 0.449 e. The molecule has 2 bridgehead atoms. The van der Waals surface area contributed by atoms with Crippen LogP contribution in [-0.2, 0) is 26.2 Å². The molecule has 0 saturated heterocycles. The Labute approximate surface area is 205 Å². The highest BCUT2D eigenvalue weighted by Crippen LogP contribution is 2.70. The second-order valence-electron chi connectivity index (χ2n) is 13.3. The number of hydrogen-bond donors (Lipinski definition) is 0. The number of rotatable bonds is 5. The highest BCUT2D eigenvalue weighted by atomic mass is 16.5. The molecule has 1 unspecified atom stereocenters. The molecule has 2 saturated carbocycles. The molecule has 4 rings (SSSR count). The molecule has 0 radical (unpaired) electrons. The smallest absolute Gasteiger partial charge is 0.316 e. The van der Waals surface area contributed by atoms with E-state index in [1.54, 1.807) is 0 Å². The van der Waals surface area contributed by atoms with Gasteiger partial charge in [-0.2, -0.15) is 0 Å². The second-order valence-corrected chi connectivity index (χ2v) is 13.3. The molecule has 3 atom stereocenters. The van der Waals surface area contributed by atoms with Crippen LogP contribution in [0.25, 0.3) is 0 Å². The topological polar surface area (TPSA) is 55.8 Å². The third-order valence-electron chi connectivity index (χ3n) is 8.38. The summed E-state index contributed by atoms with van der Waals surface area (Å²) in [5, 5.41) is 0. The van der Waals surface area contributed by atoms with Gasteiger partial charge >= 0.3 is 11.9 Å². The summed E-state index contributed by atoms with van der Waals surface area (Å²) in [5.74, 6) is 0.975. The van der Waals surface area contributed by atoms with E-state index in [9.17, 15) is 9.59 Å². The van der Waals surface area contributed by atoms with Gasteiger partial charge in [-0.05, 0) is 121 Å². The van der Waals surface area contributed by atoms with Gasteiger partial charge in [0.2, 0.25) is 0 Å². The van der Waals surface area contributed by atoms with Crippen molar-refractivity contribution in [2.75, 3.05) is 20.3 Å². The molecule has 34 heavy (non-hydrogen) atoms. The summed E-state index contributed by atoms with van der Waals surface area (Å²) in [4.78, 5) is 27.0. The average molecular weight is 470 g/mol. The van der Waals surface area contributed by atoms with Crippen molar-refractivity contribution in [1.29, 1.82) is 0 Å². The van der Waals surface area contributed by atoms with E-state index in [4.69, 9.17) is 9.47 Å². The van der Waals surface area contributed by atoms with Crippen molar-refractivity contribution >= 4 is 11.9 Å². The number of ether oxygens (including phenoxy) is 2. The molecule has 0 amide bonds. The summed E-state index contributed by atoms with van der Waals surface area (Å²) >= 11 is 0. The molecular formula is C29H43NO4. The van der Waals surface area contributed by atoms with Crippen molar-refractivity contribution in [3.63, 3.8) is 0 Å². The molecule has 3 aliphatic rings. The maximum Gasteiger partial charge on any atom is 0.316 e. The summed E-state index contributed by atoms with van der Waals surface area (Å²) in [6.45, 7) is 12.7. The zero-order valence-electron chi connectivity index (χ0n) is 22.3. The van der Waals surface area contributed by atoms with Crippen LogP contribution in [0.4, 0.5) is 0 Å². The van der Waals surface area contributed by atoms with Crippen molar-refractivity contribution in [3.05, 3.63) is 29.3 Å². The molecule has 2 fully saturated rings. The first-order valence-electron chi connectivity index (χ1n) is 13.0. The Kier molecular flexibility index (Phi) is 6.42. The van der Waals surface area contributed by atoms with Crippen molar-refractivity contribution in [2.24, 2.45) is 22.2 Å². The van der Waals surface area contributed by atoms with Gasteiger partial charge in [0.1, 0.15) is 12.5 Å². The zero-order valence-corrected chi connectivity index (χ0v) is 22.3. The van der Waals surface area contributed by atoms with E-state index in [1.165, 1.54) is 49.7 Å². The van der Waals surface area contributed by atoms with Crippen LogP contribution in [0.1, 0.15) is 91.2 Å². The van der Waals surface area contributed by atoms with Crippen molar-refractivity contribution in [2.45, 2.75) is 91.9 Å². The Hall–Kier alpha value is -1.88. The number of nitrogens with zero attached hydrogens (tertiary/aromatic N) is 1. The normalized spacial score (nSPS) is 28.3. The summed E-state index contributed by atoms with van der Waals surface area (Å²) < 4.78 is 11.4. The Balaban J connectivity index is 1.53. The molecule has 1 aromatic carbocycles. The van der Waals surface area contributed by atoms with Crippen LogP contribution in [0.3, 0.4) is 0 Å². The van der Waals surface area contributed by atoms with Crippen LogP contribution in [0.15, 0.2) is 18.2 Å². The van der Waals surface area contributed by atoms with Crippen LogP contribution in [0, 0.1) is 22.2 Å². The van der Waals surface area contributed by atoms with E-state index >= 15 is 0 Å². The summed E-state index contributed by atoms with van der Waals surface area (Å²) in [7, 11) is 2.08. The molecule has 3 aliphatic carbocycles. The molecule has 0 heterocycles. The Morgan fingerprint density at radius 3 is 2.38 bits per heavy atom. The molecule has 0 aromatic heterocycles. The average Bonchev–Trinajstić information content (AvgIpc) is 3.01. The van der Waals surface area contributed by atoms with Gasteiger partial charge in [0.05, 0.1) is 10.8 Å². The molecular weight excluding hydrogens is 426 g/mol. The van der Waals surface area contributed by atoms with Gasteiger partial charge < -0.3 is 9.47 Å². The predicted molar refractivity (Wildman–Crippen MR) is 134 cm³/mol. The van der Waals surface area contributed by atoms with E-state index in [0.717, 1.165) is 13.0 Å². The quantitative estimate of drug-likeness (QED) is 0.306. The van der Waals surface area contributed by atoms with Gasteiger partial charge in [0.15, 0.2) is 0 Å². The van der Waals surface area contributed by atoms with Crippen LogP contribution in [0.5, 0.6) is 5.75 Å². The maximum absolute atomic E-state index is 12.5. The molecule has 0 N–H and O–H groups in total. The van der Waals surface area contributed by atoms with E-state index in [1.807, 2.05) is 47.6 Å². The summed E-state index contributed by atoms with van der Waals surface area (Å²) in [6.07, 6.45) is 8.42. The Morgan fingerprint density at radius 1 is 1.03 bits per heavy atom. The van der Waals surface area contributed by atoms with Crippen molar-refractivity contribution < 1.29 is 19.1 Å². The third kappa shape index (κ3) is 4.53. The fourth-order valence-corrected chi connectivity index (χ4v) is 6.85. The number of carbonyl (C=O) groups is 2. The molecule has 0 aliphatic heterocycles. The minimum absolute atomic E-state index is 0.149. The first-order chi connectivity index (χ1) is 15.8. The van der Waals surface area contributed by atoms with Crippen LogP contribution in [-0.4, -0.2) is 37.2 Å². The Bertz CT molecular complexity index is 956. The van der Waals surface area contributed by atoms with Crippen LogP contribution >= 0.6 is 0 Å². The van der Waals surface area contributed by atoms with Gasteiger partial charge in [-0.1, -0.05) is 18.9 Å². The molecule has 188 valence electrons. The van der Waals surface area contributed by atoms with Gasteiger partial charge in [-0.15, -0.1) is 0 Å². The lowest BCUT2D eigenvalue weighted by Crippen LogP contribution is -2.63. The van der Waals surface area contributed by atoms with Crippen LogP contribution in [0.2, 0.25) is 0 Å². The van der Waals surface area contributed by atoms with Gasteiger partial charge in [0, 0.05) is 6.54 Å². The minimum Gasteiger partial charge on any atom is -0.449 e. The summed E-state index contributed by atoms with van der Waals surface area (Å²) in [6, 6.07) is 6.34. The van der Waals surface area contributed by atoms with E-state index in [0.29, 0.717) is 18.4 Å². The number of aryl methyl sites for hydroxylation is 1. The number of fused-ring (bicyclic) bond motifs is 3. The molecule has 5 heteroatoms. The zero-order chi connectivity index (χ0) is 24.9. The predicted octanol–water partition coefficient (Wildman–Crippen LogP) is 5.88. The van der Waals surface area contributed by atoms with Crippen molar-refractivity contribution in [1.82, 2.24) is 4.90 Å². The maximum atomic E-state index is 12.5. The van der Waals surface area contributed by atoms with E-state index in [2.05, 4.69) is 24.1 Å². The van der Waals surface area contributed by atoms with Crippen molar-refractivity contribution in [3.8, 4) is 5.75 Å². The minimum atomic E-state index is -0.522. The summed E-state index contributed by atoms with van der Waals surface area (Å²) in [5.41, 5.74) is 2.31. The fourth-order valence-electron chi connectivity index (χ4n) is 6.85. The molecule has 1 spiro atoms. The second kappa shape index (κ2) is 8.65. The monoisotopic (exact) mass is 469 g/mol. The van der Waals surface area contributed by atoms with E-state index in [-0.39, 0.29) is 22.8 Å². The standard InChI is InChI=1S/C29H43NO4/c1-26(2,3)24(31)33-19-30(7)18-28-14-8-9-15-29(17-28)22-16-21(34-25(32)27(4,5)6)12-10-20(22)11-13-23(28)29/h10,12,16,23H,8-9,11,13-15,17-19H2,1-7H3/t23-,28?,29+/m0/s1. The lowest BCUT2D eigenvalue weighted by molar-refractivity contribution is -0.161. The Morgan fingerprint density at radius 2 is 1.71 bits per heavy atom. The number of carbonyl (C=O) groups excluding carboxylic acids is 2. The highest BCUT2D eigenvalue weighted by molar-refractivity contribution is 5.78. The lowest BCUT2D eigenvalue weighted by atomic mass is 9.39. The van der Waals surface area contributed by atoms with Gasteiger partial charge in [-0.25, -0.2) is 0 Å². The number of benzene rings is 1. The van der Waals surface area contributed by atoms with Gasteiger partial charge in [-0.3, -0.25) is 14.5 Å². The third-order valence-corrected chi connectivity index (χ3v) is 8.38. The van der Waals surface area contributed by atoms with E-state index < -0.39 is 10.8 Å². The first kappa shape index (κ1) is 25.2. The number of esters is 2. The molecule has 1 aromatic rings. The molecule has 5 nitrogen and oxygen atoms in total. The number of hydrogen-bond acceptors (Lipinski definition) is 5. The lowest BCUT2D eigenvalue weighted by Gasteiger charge is -2.66. The fraction of sp³-hybridized carbons (Fsp3) is 0.724.